The number of phenolic OH excluding ortho intramolecular Hbond substituents is 1. The minimum Gasteiger partial charge on any atom is -0.507 e. The standard InChI is InChI=1S/C11H13NO3/c1-11(15)6-12(7-11)10(14)8-4-2-3-5-9(8)13/h2-5,13,15H,6-7H2,1H3. The Bertz CT molecular complexity index is 393. The van der Waals surface area contributed by atoms with Crippen molar-refractivity contribution in [2.45, 2.75) is 12.5 Å². The molecule has 0 aromatic heterocycles. The SMILES string of the molecule is CC1(O)CN(C(=O)c2ccccc2O)C1. The number of aliphatic hydroxyl groups is 1. The predicted octanol–water partition coefficient (Wildman–Crippen LogP) is 0.599. The highest BCUT2D eigenvalue weighted by Crippen LogP contribution is 2.25. The number of para-hydroxylation sites is 1. The first-order chi connectivity index (χ1) is 6.99. The number of hydrogen-bond donors (Lipinski definition) is 2. The molecule has 0 aliphatic carbocycles. The third-order valence-corrected chi connectivity index (χ3v) is 2.48. The van der Waals surface area contributed by atoms with Gasteiger partial charge < -0.3 is 15.1 Å². The Labute approximate surface area is 87.8 Å². The Hall–Kier alpha value is -1.55. The number of nitrogens with zero attached hydrogens (tertiary/aromatic N) is 1. The van der Waals surface area contributed by atoms with Gasteiger partial charge in [-0.1, -0.05) is 12.1 Å². The van der Waals surface area contributed by atoms with Crippen LogP contribution in [0.4, 0.5) is 0 Å². The molecule has 0 bridgehead atoms. The van der Waals surface area contributed by atoms with E-state index in [1.54, 1.807) is 25.1 Å². The van der Waals surface area contributed by atoms with E-state index in [4.69, 9.17) is 0 Å². The summed E-state index contributed by atoms with van der Waals surface area (Å²) in [4.78, 5) is 13.3. The fraction of sp³-hybridized carbons (Fsp3) is 0.364. The highest BCUT2D eigenvalue weighted by atomic mass is 16.3. The molecule has 4 heteroatoms. The lowest BCUT2D eigenvalue weighted by Crippen LogP contribution is -2.61. The van der Waals surface area contributed by atoms with Gasteiger partial charge in [-0.25, -0.2) is 0 Å². The third kappa shape index (κ3) is 1.80. The van der Waals surface area contributed by atoms with Crippen molar-refractivity contribution in [3.63, 3.8) is 0 Å². The molecule has 1 fully saturated rings. The van der Waals surface area contributed by atoms with E-state index in [2.05, 4.69) is 0 Å². The van der Waals surface area contributed by atoms with Crippen molar-refractivity contribution in [3.05, 3.63) is 29.8 Å². The molecule has 1 aromatic rings. The van der Waals surface area contributed by atoms with E-state index in [1.165, 1.54) is 11.0 Å². The van der Waals surface area contributed by atoms with Crippen molar-refractivity contribution < 1.29 is 15.0 Å². The van der Waals surface area contributed by atoms with Crippen molar-refractivity contribution in [1.82, 2.24) is 4.90 Å². The maximum Gasteiger partial charge on any atom is 0.257 e. The number of phenols is 1. The van der Waals surface area contributed by atoms with Crippen molar-refractivity contribution in [3.8, 4) is 5.75 Å². The topological polar surface area (TPSA) is 60.8 Å². The molecule has 15 heavy (non-hydrogen) atoms. The second kappa shape index (κ2) is 3.24. The Balaban J connectivity index is 2.14. The normalized spacial score (nSPS) is 18.4. The summed E-state index contributed by atoms with van der Waals surface area (Å²) >= 11 is 0. The summed E-state index contributed by atoms with van der Waals surface area (Å²) < 4.78 is 0. The van der Waals surface area contributed by atoms with Crippen LogP contribution in [0.25, 0.3) is 0 Å². The van der Waals surface area contributed by atoms with Gasteiger partial charge in [-0.05, 0) is 19.1 Å². The number of carbonyl (C=O) groups excluding carboxylic acids is 1. The van der Waals surface area contributed by atoms with Crippen LogP contribution in [-0.4, -0.2) is 39.7 Å². The minimum atomic E-state index is -0.778. The Morgan fingerprint density at radius 1 is 1.40 bits per heavy atom. The summed E-state index contributed by atoms with van der Waals surface area (Å²) in [6.45, 7) is 2.32. The van der Waals surface area contributed by atoms with Crippen molar-refractivity contribution in [2.24, 2.45) is 0 Å². The molecule has 2 N–H and O–H groups in total. The fourth-order valence-electron chi connectivity index (χ4n) is 1.74. The molecule has 1 amide bonds. The lowest BCUT2D eigenvalue weighted by Gasteiger charge is -2.44. The highest BCUT2D eigenvalue weighted by molar-refractivity contribution is 5.97. The quantitative estimate of drug-likeness (QED) is 0.709. The molecule has 80 valence electrons. The van der Waals surface area contributed by atoms with E-state index in [9.17, 15) is 15.0 Å². The lowest BCUT2D eigenvalue weighted by molar-refractivity contribution is -0.0669. The van der Waals surface area contributed by atoms with Crippen molar-refractivity contribution >= 4 is 5.91 Å². The van der Waals surface area contributed by atoms with Gasteiger partial charge in [0.05, 0.1) is 24.3 Å². The number of hydrogen-bond acceptors (Lipinski definition) is 3. The Morgan fingerprint density at radius 3 is 2.53 bits per heavy atom. The van der Waals surface area contributed by atoms with Gasteiger partial charge in [0.25, 0.3) is 5.91 Å². The number of benzene rings is 1. The summed E-state index contributed by atoms with van der Waals surface area (Å²) in [6.07, 6.45) is 0. The first-order valence-electron chi connectivity index (χ1n) is 4.79. The van der Waals surface area contributed by atoms with E-state index < -0.39 is 5.60 Å². The van der Waals surface area contributed by atoms with Crippen molar-refractivity contribution in [1.29, 1.82) is 0 Å². The second-order valence-corrected chi connectivity index (χ2v) is 4.18. The largest absolute Gasteiger partial charge is 0.507 e. The smallest absolute Gasteiger partial charge is 0.257 e. The Kier molecular flexibility index (Phi) is 2.16. The number of carbonyl (C=O) groups is 1. The fourth-order valence-corrected chi connectivity index (χ4v) is 1.74. The summed E-state index contributed by atoms with van der Waals surface area (Å²) in [5.74, 6) is -0.256. The van der Waals surface area contributed by atoms with Crippen LogP contribution < -0.4 is 0 Å². The summed E-state index contributed by atoms with van der Waals surface area (Å²) in [7, 11) is 0. The molecule has 0 saturated carbocycles. The van der Waals surface area contributed by atoms with Crippen LogP contribution >= 0.6 is 0 Å². The molecule has 4 nitrogen and oxygen atoms in total. The average Bonchev–Trinajstić information content (AvgIpc) is 2.14. The van der Waals surface area contributed by atoms with E-state index in [0.29, 0.717) is 13.1 Å². The van der Waals surface area contributed by atoms with Crippen LogP contribution in [0.1, 0.15) is 17.3 Å². The van der Waals surface area contributed by atoms with Crippen LogP contribution in [-0.2, 0) is 0 Å². The number of rotatable bonds is 1. The predicted molar refractivity (Wildman–Crippen MR) is 54.6 cm³/mol. The summed E-state index contributed by atoms with van der Waals surface area (Å²) in [5.41, 5.74) is -0.493. The van der Waals surface area contributed by atoms with Gasteiger partial charge in [0, 0.05) is 0 Å². The molecule has 1 heterocycles. The first-order valence-corrected chi connectivity index (χ1v) is 4.79. The van der Waals surface area contributed by atoms with E-state index in [0.717, 1.165) is 0 Å². The summed E-state index contributed by atoms with van der Waals surface area (Å²) in [6, 6.07) is 6.42. The van der Waals surface area contributed by atoms with Crippen LogP contribution in [0, 0.1) is 0 Å². The summed E-state index contributed by atoms with van der Waals surface area (Å²) in [5, 5.41) is 19.0. The number of β-amino-alcohol motifs (C(OH)–C–C–N with tert-alkyl or cyclic N) is 1. The third-order valence-electron chi connectivity index (χ3n) is 2.48. The average molecular weight is 207 g/mol. The molecule has 1 saturated heterocycles. The second-order valence-electron chi connectivity index (χ2n) is 4.18. The zero-order valence-corrected chi connectivity index (χ0v) is 8.47. The number of likely N-dealkylation sites (tertiary alicyclic amines) is 1. The van der Waals surface area contributed by atoms with Crippen LogP contribution in [0.5, 0.6) is 5.75 Å². The zero-order valence-electron chi connectivity index (χ0n) is 8.47. The van der Waals surface area contributed by atoms with Crippen LogP contribution in [0.15, 0.2) is 24.3 Å². The molecule has 1 aromatic carbocycles. The van der Waals surface area contributed by atoms with Crippen LogP contribution in [0.2, 0.25) is 0 Å². The monoisotopic (exact) mass is 207 g/mol. The highest BCUT2D eigenvalue weighted by Gasteiger charge is 2.40. The zero-order chi connectivity index (χ0) is 11.1. The maximum atomic E-state index is 11.8. The van der Waals surface area contributed by atoms with Crippen LogP contribution in [0.3, 0.4) is 0 Å². The Morgan fingerprint density at radius 2 is 2.00 bits per heavy atom. The molecular weight excluding hydrogens is 194 g/mol. The molecule has 1 aliphatic heterocycles. The van der Waals surface area contributed by atoms with Gasteiger partial charge in [0.2, 0.25) is 0 Å². The molecule has 0 spiro atoms. The molecule has 2 rings (SSSR count). The van der Waals surface area contributed by atoms with Gasteiger partial charge in [-0.15, -0.1) is 0 Å². The van der Waals surface area contributed by atoms with Gasteiger partial charge >= 0.3 is 0 Å². The van der Waals surface area contributed by atoms with Gasteiger partial charge in [0.15, 0.2) is 0 Å². The molecule has 0 unspecified atom stereocenters. The number of amides is 1. The maximum absolute atomic E-state index is 11.8. The molecule has 0 radical (unpaired) electrons. The first kappa shape index (κ1) is 9.98. The number of aromatic hydroxyl groups is 1. The molecule has 0 atom stereocenters. The van der Waals surface area contributed by atoms with E-state index >= 15 is 0 Å². The van der Waals surface area contributed by atoms with Crippen molar-refractivity contribution in [2.75, 3.05) is 13.1 Å². The van der Waals surface area contributed by atoms with Gasteiger partial charge in [-0.2, -0.15) is 0 Å². The van der Waals surface area contributed by atoms with E-state index in [-0.39, 0.29) is 17.2 Å². The van der Waals surface area contributed by atoms with E-state index in [1.807, 2.05) is 0 Å². The minimum absolute atomic E-state index is 0.0194. The van der Waals surface area contributed by atoms with Gasteiger partial charge in [0.1, 0.15) is 5.75 Å². The molecular formula is C11H13NO3. The van der Waals surface area contributed by atoms with Gasteiger partial charge in [-0.3, -0.25) is 4.79 Å². The lowest BCUT2D eigenvalue weighted by atomic mass is 9.96. The molecule has 1 aliphatic rings.